The number of allylic oxidation sites excluding steroid dienone is 1. The lowest BCUT2D eigenvalue weighted by Crippen LogP contribution is -2.17. The molecule has 144 valence electrons. The molecule has 4 rings (SSSR count). The molecule has 5 nitrogen and oxygen atoms in total. The average molecular weight is 413 g/mol. The average Bonchev–Trinajstić information content (AvgIpc) is 3.03. The van der Waals surface area contributed by atoms with Gasteiger partial charge in [0.2, 0.25) is 0 Å². The Balaban J connectivity index is 1.58. The van der Waals surface area contributed by atoms with Crippen molar-refractivity contribution in [2.24, 2.45) is 4.99 Å². The highest BCUT2D eigenvalue weighted by Gasteiger charge is 2.16. The number of nitrogens with zero attached hydrogens (tertiary/aromatic N) is 2. The van der Waals surface area contributed by atoms with Crippen molar-refractivity contribution in [2.75, 3.05) is 19.0 Å². The van der Waals surface area contributed by atoms with Gasteiger partial charge in [-0.3, -0.25) is 4.79 Å². The van der Waals surface area contributed by atoms with Gasteiger partial charge in [-0.25, -0.2) is 0 Å². The molecule has 0 atom stereocenters. The summed E-state index contributed by atoms with van der Waals surface area (Å²) < 4.78 is 14.4. The van der Waals surface area contributed by atoms with Crippen molar-refractivity contribution >= 4 is 39.2 Å². The minimum absolute atomic E-state index is 0.137. The summed E-state index contributed by atoms with van der Waals surface area (Å²) in [6.07, 6.45) is 1.80. The van der Waals surface area contributed by atoms with E-state index in [4.69, 9.17) is 9.47 Å². The Morgan fingerprint density at radius 1 is 1.21 bits per heavy atom. The number of benzene rings is 2. The SMILES string of the molecule is C=CCn1c(=NC(=O)CSCc2ccccc2)sc2cc3c(cc21)OCCO3. The lowest BCUT2D eigenvalue weighted by Gasteiger charge is -2.18. The molecule has 0 saturated carbocycles. The van der Waals surface area contributed by atoms with Crippen LogP contribution in [0.15, 0.2) is 60.1 Å². The lowest BCUT2D eigenvalue weighted by molar-refractivity contribution is -0.115. The van der Waals surface area contributed by atoms with Gasteiger partial charge in [0, 0.05) is 24.4 Å². The van der Waals surface area contributed by atoms with Crippen molar-refractivity contribution in [3.8, 4) is 11.5 Å². The zero-order valence-corrected chi connectivity index (χ0v) is 16.9. The van der Waals surface area contributed by atoms with E-state index in [9.17, 15) is 4.79 Å². The van der Waals surface area contributed by atoms with Crippen molar-refractivity contribution in [1.82, 2.24) is 4.57 Å². The van der Waals surface area contributed by atoms with Crippen LogP contribution >= 0.6 is 23.1 Å². The largest absolute Gasteiger partial charge is 0.486 e. The van der Waals surface area contributed by atoms with Gasteiger partial charge < -0.3 is 14.0 Å². The molecule has 28 heavy (non-hydrogen) atoms. The van der Waals surface area contributed by atoms with Crippen molar-refractivity contribution in [3.05, 3.63) is 65.5 Å². The molecular formula is C21H20N2O3S2. The number of ether oxygens (including phenoxy) is 2. The quantitative estimate of drug-likeness (QED) is 0.574. The summed E-state index contributed by atoms with van der Waals surface area (Å²) in [4.78, 5) is 17.5. The first kappa shape index (κ1) is 18.8. The minimum atomic E-state index is -0.137. The van der Waals surface area contributed by atoms with Crippen LogP contribution in [0.3, 0.4) is 0 Å². The maximum absolute atomic E-state index is 12.4. The topological polar surface area (TPSA) is 52.8 Å². The molecule has 0 bridgehead atoms. The predicted molar refractivity (Wildman–Crippen MR) is 114 cm³/mol. The van der Waals surface area contributed by atoms with Crippen molar-refractivity contribution in [2.45, 2.75) is 12.3 Å². The Morgan fingerprint density at radius 2 is 1.96 bits per heavy atom. The minimum Gasteiger partial charge on any atom is -0.486 e. The summed E-state index contributed by atoms with van der Waals surface area (Å²) in [5.74, 6) is 2.47. The van der Waals surface area contributed by atoms with Gasteiger partial charge in [0.05, 0.1) is 16.0 Å². The number of hydrogen-bond donors (Lipinski definition) is 0. The van der Waals surface area contributed by atoms with E-state index in [-0.39, 0.29) is 5.91 Å². The molecule has 0 fully saturated rings. The molecule has 2 heterocycles. The number of hydrogen-bond acceptors (Lipinski definition) is 5. The summed E-state index contributed by atoms with van der Waals surface area (Å²) in [6.45, 7) is 5.49. The second-order valence-corrected chi connectivity index (χ2v) is 8.23. The monoisotopic (exact) mass is 412 g/mol. The predicted octanol–water partition coefficient (Wildman–Crippen LogP) is 4.02. The zero-order valence-electron chi connectivity index (χ0n) is 15.3. The van der Waals surface area contributed by atoms with Crippen LogP contribution in [0.1, 0.15) is 5.56 Å². The van der Waals surface area contributed by atoms with Crippen LogP contribution < -0.4 is 14.3 Å². The lowest BCUT2D eigenvalue weighted by atomic mass is 10.2. The Hall–Kier alpha value is -2.51. The van der Waals surface area contributed by atoms with E-state index >= 15 is 0 Å². The van der Waals surface area contributed by atoms with E-state index in [1.54, 1.807) is 17.8 Å². The third kappa shape index (κ3) is 4.15. The summed E-state index contributed by atoms with van der Waals surface area (Å²) in [5.41, 5.74) is 2.17. The normalized spacial score (nSPS) is 13.6. The Morgan fingerprint density at radius 3 is 2.71 bits per heavy atom. The van der Waals surface area contributed by atoms with Gasteiger partial charge in [-0.15, -0.1) is 18.3 Å². The molecule has 1 aliphatic rings. The van der Waals surface area contributed by atoms with Gasteiger partial charge in [0.15, 0.2) is 16.3 Å². The Bertz CT molecular complexity index is 1070. The van der Waals surface area contributed by atoms with Crippen LogP contribution in [0.25, 0.3) is 10.2 Å². The maximum Gasteiger partial charge on any atom is 0.258 e. The summed E-state index contributed by atoms with van der Waals surface area (Å²) in [5, 5.41) is 0. The molecule has 1 amide bonds. The molecule has 0 N–H and O–H groups in total. The number of carbonyl (C=O) groups is 1. The fraction of sp³-hybridized carbons (Fsp3) is 0.238. The molecule has 7 heteroatoms. The van der Waals surface area contributed by atoms with Crippen molar-refractivity contribution in [3.63, 3.8) is 0 Å². The van der Waals surface area contributed by atoms with Gasteiger partial charge in [-0.05, 0) is 5.56 Å². The first-order valence-corrected chi connectivity index (χ1v) is 10.9. The van der Waals surface area contributed by atoms with Gasteiger partial charge in [-0.2, -0.15) is 4.99 Å². The van der Waals surface area contributed by atoms with Gasteiger partial charge in [-0.1, -0.05) is 47.7 Å². The number of thioether (sulfide) groups is 1. The van der Waals surface area contributed by atoms with Crippen molar-refractivity contribution < 1.29 is 14.3 Å². The molecule has 3 aromatic rings. The first-order chi connectivity index (χ1) is 13.7. The van der Waals surface area contributed by atoms with Crippen LogP contribution in [0, 0.1) is 0 Å². The van der Waals surface area contributed by atoms with Crippen LogP contribution in [0.2, 0.25) is 0 Å². The van der Waals surface area contributed by atoms with Gasteiger partial charge >= 0.3 is 0 Å². The van der Waals surface area contributed by atoms with Crippen molar-refractivity contribution in [1.29, 1.82) is 0 Å². The highest BCUT2D eigenvalue weighted by Crippen LogP contribution is 2.35. The van der Waals surface area contributed by atoms with Crippen LogP contribution in [-0.2, 0) is 17.1 Å². The Labute approximate surface area is 171 Å². The number of aromatic nitrogens is 1. The molecule has 0 spiro atoms. The highest BCUT2D eigenvalue weighted by atomic mass is 32.2. The van der Waals surface area contributed by atoms with Crippen LogP contribution in [0.4, 0.5) is 0 Å². The molecule has 2 aromatic carbocycles. The highest BCUT2D eigenvalue weighted by molar-refractivity contribution is 7.99. The Kier molecular flexibility index (Phi) is 5.83. The van der Waals surface area contributed by atoms with Crippen LogP contribution in [0.5, 0.6) is 11.5 Å². The number of rotatable bonds is 6. The van der Waals surface area contributed by atoms with E-state index in [1.807, 2.05) is 34.9 Å². The molecule has 0 unspecified atom stereocenters. The fourth-order valence-corrected chi connectivity index (χ4v) is 4.80. The molecule has 0 aliphatic carbocycles. The van der Waals surface area contributed by atoms with E-state index in [0.29, 0.717) is 30.3 Å². The van der Waals surface area contributed by atoms with E-state index < -0.39 is 0 Å². The number of thiazole rings is 1. The number of fused-ring (bicyclic) bond motifs is 2. The second kappa shape index (κ2) is 8.67. The molecule has 1 aliphatic heterocycles. The summed E-state index contributed by atoms with van der Waals surface area (Å²) >= 11 is 3.05. The molecular weight excluding hydrogens is 392 g/mol. The third-order valence-corrected chi connectivity index (χ3v) is 6.25. The third-order valence-electron chi connectivity index (χ3n) is 4.22. The maximum atomic E-state index is 12.4. The standard InChI is InChI=1S/C21H20N2O3S2/c1-2-8-23-16-11-17-18(26-10-9-25-17)12-19(16)28-21(23)22-20(24)14-27-13-15-6-4-3-5-7-15/h2-7,11-12H,1,8-10,13-14H2. The number of amides is 1. The summed E-state index contributed by atoms with van der Waals surface area (Å²) in [7, 11) is 0. The van der Waals surface area contributed by atoms with Gasteiger partial charge in [0.1, 0.15) is 13.2 Å². The molecule has 0 saturated heterocycles. The fourth-order valence-electron chi connectivity index (χ4n) is 2.97. The van der Waals surface area contributed by atoms with E-state index in [0.717, 1.165) is 27.5 Å². The molecule has 1 aromatic heterocycles. The smallest absolute Gasteiger partial charge is 0.258 e. The van der Waals surface area contributed by atoms with E-state index in [1.165, 1.54) is 16.9 Å². The zero-order chi connectivity index (χ0) is 19.3. The summed E-state index contributed by atoms with van der Waals surface area (Å²) in [6, 6.07) is 14.0. The van der Waals surface area contributed by atoms with E-state index in [2.05, 4.69) is 23.7 Å². The first-order valence-electron chi connectivity index (χ1n) is 8.97. The second-order valence-electron chi connectivity index (χ2n) is 6.23. The number of carbonyl (C=O) groups excluding carboxylic acids is 1. The van der Waals surface area contributed by atoms with Crippen LogP contribution in [-0.4, -0.2) is 29.4 Å². The van der Waals surface area contributed by atoms with Gasteiger partial charge in [0.25, 0.3) is 5.91 Å². The molecule has 0 radical (unpaired) electrons.